The number of benzene rings is 1. The second-order valence-electron chi connectivity index (χ2n) is 5.71. The van der Waals surface area contributed by atoms with E-state index < -0.39 is 0 Å². The fourth-order valence-electron chi connectivity index (χ4n) is 2.25. The molecule has 0 heterocycles. The summed E-state index contributed by atoms with van der Waals surface area (Å²) < 4.78 is 16.3. The van der Waals surface area contributed by atoms with Crippen molar-refractivity contribution >= 4 is 29.9 Å². The zero-order chi connectivity index (χ0) is 18.3. The molecule has 0 aromatic heterocycles. The van der Waals surface area contributed by atoms with E-state index in [0.29, 0.717) is 19.8 Å². The molecule has 0 amide bonds. The first kappa shape index (κ1) is 24.9. The molecule has 7 heteroatoms. The number of guanidine groups is 1. The van der Waals surface area contributed by atoms with E-state index in [1.165, 1.54) is 5.56 Å². The molecule has 6 nitrogen and oxygen atoms in total. The Morgan fingerprint density at radius 1 is 1.12 bits per heavy atom. The van der Waals surface area contributed by atoms with Crippen LogP contribution in [0.2, 0.25) is 0 Å². The molecule has 0 aliphatic carbocycles. The van der Waals surface area contributed by atoms with Gasteiger partial charge in [-0.25, -0.2) is 0 Å². The first-order valence-electron chi connectivity index (χ1n) is 8.94. The first-order valence-corrected chi connectivity index (χ1v) is 8.94. The largest absolute Gasteiger partial charge is 0.493 e. The Morgan fingerprint density at radius 3 is 2.62 bits per heavy atom. The zero-order valence-electron chi connectivity index (χ0n) is 16.5. The third kappa shape index (κ3) is 10.8. The standard InChI is InChI=1S/C19H33N3O3.HI/c1-5-24-12-6-10-21-19(20-3)22-15-17-9-8-16(2)14-18(17)25-13-7-11-23-4;/h8-9,14H,5-7,10-13,15H2,1-4H3,(H2,20,21,22);1H. The molecular formula is C19H34IN3O3. The van der Waals surface area contributed by atoms with Gasteiger partial charge in [0.2, 0.25) is 0 Å². The van der Waals surface area contributed by atoms with Crippen molar-refractivity contribution in [2.45, 2.75) is 33.2 Å². The van der Waals surface area contributed by atoms with Gasteiger partial charge in [-0.15, -0.1) is 24.0 Å². The van der Waals surface area contributed by atoms with E-state index in [1.54, 1.807) is 14.2 Å². The summed E-state index contributed by atoms with van der Waals surface area (Å²) in [5.41, 5.74) is 2.30. The number of hydrogen-bond acceptors (Lipinski definition) is 4. The Morgan fingerprint density at radius 2 is 1.92 bits per heavy atom. The molecule has 1 aromatic rings. The molecule has 150 valence electrons. The summed E-state index contributed by atoms with van der Waals surface area (Å²) in [6, 6.07) is 6.26. The third-order valence-corrected chi connectivity index (χ3v) is 3.60. The molecular weight excluding hydrogens is 445 g/mol. The lowest BCUT2D eigenvalue weighted by atomic mass is 10.1. The molecule has 0 saturated heterocycles. The predicted molar refractivity (Wildman–Crippen MR) is 118 cm³/mol. The third-order valence-electron chi connectivity index (χ3n) is 3.60. The van der Waals surface area contributed by atoms with Crippen LogP contribution in [0.15, 0.2) is 23.2 Å². The minimum atomic E-state index is 0. The first-order chi connectivity index (χ1) is 12.2. The van der Waals surface area contributed by atoms with Gasteiger partial charge in [0.1, 0.15) is 5.75 Å². The van der Waals surface area contributed by atoms with Gasteiger partial charge in [-0.05, 0) is 31.9 Å². The number of aryl methyl sites for hydroxylation is 1. The quantitative estimate of drug-likeness (QED) is 0.209. The predicted octanol–water partition coefficient (Wildman–Crippen LogP) is 3.12. The second-order valence-corrected chi connectivity index (χ2v) is 5.71. The number of methoxy groups -OCH3 is 1. The van der Waals surface area contributed by atoms with Gasteiger partial charge in [-0.3, -0.25) is 4.99 Å². The van der Waals surface area contributed by atoms with E-state index in [1.807, 2.05) is 6.92 Å². The summed E-state index contributed by atoms with van der Waals surface area (Å²) in [7, 11) is 3.48. The molecule has 1 rings (SSSR count). The van der Waals surface area contributed by atoms with E-state index in [-0.39, 0.29) is 24.0 Å². The number of rotatable bonds is 12. The highest BCUT2D eigenvalue weighted by Crippen LogP contribution is 2.20. The minimum Gasteiger partial charge on any atom is -0.493 e. The summed E-state index contributed by atoms with van der Waals surface area (Å²) in [6.07, 6.45) is 1.83. The Kier molecular flexibility index (Phi) is 15.5. The number of nitrogens with zero attached hydrogens (tertiary/aromatic N) is 1. The summed E-state index contributed by atoms with van der Waals surface area (Å²) in [4.78, 5) is 4.25. The van der Waals surface area contributed by atoms with Gasteiger partial charge in [0.25, 0.3) is 0 Å². The lowest BCUT2D eigenvalue weighted by molar-refractivity contribution is 0.145. The second kappa shape index (κ2) is 16.1. The molecule has 0 saturated carbocycles. The molecule has 1 aromatic carbocycles. The molecule has 0 fully saturated rings. The molecule has 0 radical (unpaired) electrons. The van der Waals surface area contributed by atoms with Crippen LogP contribution in [0, 0.1) is 6.92 Å². The van der Waals surface area contributed by atoms with E-state index in [4.69, 9.17) is 14.2 Å². The van der Waals surface area contributed by atoms with Gasteiger partial charge >= 0.3 is 0 Å². The molecule has 0 unspecified atom stereocenters. The van der Waals surface area contributed by atoms with Crippen molar-refractivity contribution in [3.63, 3.8) is 0 Å². The summed E-state index contributed by atoms with van der Waals surface area (Å²) in [5, 5.41) is 6.62. The number of hydrogen-bond donors (Lipinski definition) is 2. The van der Waals surface area contributed by atoms with Gasteiger partial charge in [0.15, 0.2) is 5.96 Å². The van der Waals surface area contributed by atoms with Crippen LogP contribution >= 0.6 is 24.0 Å². The fraction of sp³-hybridized carbons (Fsp3) is 0.632. The van der Waals surface area contributed by atoms with E-state index in [9.17, 15) is 0 Å². The molecule has 0 bridgehead atoms. The van der Waals surface area contributed by atoms with Gasteiger partial charge in [-0.1, -0.05) is 12.1 Å². The molecule has 0 spiro atoms. The lowest BCUT2D eigenvalue weighted by Gasteiger charge is -2.15. The molecule has 0 aliphatic heterocycles. The van der Waals surface area contributed by atoms with Crippen LogP contribution < -0.4 is 15.4 Å². The van der Waals surface area contributed by atoms with Gasteiger partial charge in [-0.2, -0.15) is 0 Å². The maximum Gasteiger partial charge on any atom is 0.191 e. The van der Waals surface area contributed by atoms with Crippen molar-refractivity contribution in [1.82, 2.24) is 10.6 Å². The number of nitrogens with one attached hydrogen (secondary N) is 2. The Bertz CT molecular complexity index is 513. The van der Waals surface area contributed by atoms with E-state index in [2.05, 4.69) is 40.7 Å². The van der Waals surface area contributed by atoms with Crippen LogP contribution in [0.4, 0.5) is 0 Å². The van der Waals surface area contributed by atoms with Gasteiger partial charge < -0.3 is 24.8 Å². The SMILES string of the molecule is CCOCCCNC(=NC)NCc1ccc(C)cc1OCCCOC.I. The Balaban J connectivity index is 0.00000625. The normalized spacial score (nSPS) is 11.0. The number of aliphatic imine (C=N–C) groups is 1. The van der Waals surface area contributed by atoms with Crippen LogP contribution in [0.1, 0.15) is 30.9 Å². The highest BCUT2D eigenvalue weighted by molar-refractivity contribution is 14.0. The van der Waals surface area contributed by atoms with Crippen LogP contribution in [0.3, 0.4) is 0 Å². The van der Waals surface area contributed by atoms with Crippen LogP contribution in [-0.4, -0.2) is 53.1 Å². The van der Waals surface area contributed by atoms with Crippen LogP contribution in [0.5, 0.6) is 5.75 Å². The minimum absolute atomic E-state index is 0. The van der Waals surface area contributed by atoms with Crippen molar-refractivity contribution in [1.29, 1.82) is 0 Å². The molecule has 26 heavy (non-hydrogen) atoms. The highest BCUT2D eigenvalue weighted by atomic mass is 127. The summed E-state index contributed by atoms with van der Waals surface area (Å²) >= 11 is 0. The average Bonchev–Trinajstić information content (AvgIpc) is 2.62. The molecule has 0 atom stereocenters. The maximum absolute atomic E-state index is 5.91. The van der Waals surface area contributed by atoms with Crippen molar-refractivity contribution in [2.24, 2.45) is 4.99 Å². The number of ether oxygens (including phenoxy) is 3. The van der Waals surface area contributed by atoms with Gasteiger partial charge in [0, 0.05) is 59.1 Å². The van der Waals surface area contributed by atoms with Crippen molar-refractivity contribution < 1.29 is 14.2 Å². The van der Waals surface area contributed by atoms with Crippen molar-refractivity contribution in [3.05, 3.63) is 29.3 Å². The van der Waals surface area contributed by atoms with Crippen LogP contribution in [-0.2, 0) is 16.0 Å². The number of halogens is 1. The fourth-order valence-corrected chi connectivity index (χ4v) is 2.25. The topological polar surface area (TPSA) is 64.1 Å². The lowest BCUT2D eigenvalue weighted by Crippen LogP contribution is -2.37. The van der Waals surface area contributed by atoms with Crippen LogP contribution in [0.25, 0.3) is 0 Å². The smallest absolute Gasteiger partial charge is 0.191 e. The Hall–Kier alpha value is -1.06. The average molecular weight is 479 g/mol. The van der Waals surface area contributed by atoms with E-state index >= 15 is 0 Å². The maximum atomic E-state index is 5.91. The highest BCUT2D eigenvalue weighted by Gasteiger charge is 2.06. The zero-order valence-corrected chi connectivity index (χ0v) is 18.8. The van der Waals surface area contributed by atoms with Crippen molar-refractivity contribution in [2.75, 3.05) is 47.1 Å². The summed E-state index contributed by atoms with van der Waals surface area (Å²) in [6.45, 7) is 8.43. The molecule has 0 aliphatic rings. The van der Waals surface area contributed by atoms with Crippen molar-refractivity contribution in [3.8, 4) is 5.75 Å². The van der Waals surface area contributed by atoms with Gasteiger partial charge in [0.05, 0.1) is 6.61 Å². The summed E-state index contributed by atoms with van der Waals surface area (Å²) in [5.74, 6) is 1.69. The van der Waals surface area contributed by atoms with E-state index in [0.717, 1.165) is 49.9 Å². The monoisotopic (exact) mass is 479 g/mol. The Labute approximate surface area is 175 Å². The molecule has 2 N–H and O–H groups in total.